The fourth-order valence-corrected chi connectivity index (χ4v) is 2.19. The summed E-state index contributed by atoms with van der Waals surface area (Å²) in [5.41, 5.74) is 2.04. The van der Waals surface area contributed by atoms with Crippen LogP contribution in [0.3, 0.4) is 0 Å². The van der Waals surface area contributed by atoms with Crippen LogP contribution in [-0.4, -0.2) is 37.4 Å². The van der Waals surface area contributed by atoms with E-state index < -0.39 is 0 Å². The van der Waals surface area contributed by atoms with E-state index in [9.17, 15) is 9.18 Å². The van der Waals surface area contributed by atoms with Crippen molar-refractivity contribution in [2.75, 3.05) is 26.4 Å². The highest BCUT2D eigenvalue weighted by Crippen LogP contribution is 2.17. The number of carbonyl (C=O) groups is 1. The van der Waals surface area contributed by atoms with Crippen molar-refractivity contribution >= 4 is 5.91 Å². The second-order valence-electron chi connectivity index (χ2n) is 5.54. The maximum atomic E-state index is 12.8. The van der Waals surface area contributed by atoms with Gasteiger partial charge in [0.2, 0.25) is 0 Å². The molecule has 134 valence electrons. The van der Waals surface area contributed by atoms with Crippen molar-refractivity contribution < 1.29 is 23.8 Å². The van der Waals surface area contributed by atoms with E-state index in [1.54, 1.807) is 0 Å². The number of carbonyl (C=O) groups excluding carboxylic acids is 1. The van der Waals surface area contributed by atoms with Crippen molar-refractivity contribution in [3.8, 4) is 5.75 Å². The molecule has 0 heterocycles. The van der Waals surface area contributed by atoms with Gasteiger partial charge in [0.1, 0.15) is 11.6 Å². The molecule has 6 heteroatoms. The van der Waals surface area contributed by atoms with Crippen LogP contribution in [0.2, 0.25) is 0 Å². The van der Waals surface area contributed by atoms with Crippen molar-refractivity contribution in [3.63, 3.8) is 0 Å². The topological polar surface area (TPSA) is 67.8 Å². The zero-order chi connectivity index (χ0) is 18.1. The molecule has 5 nitrogen and oxygen atoms in total. The van der Waals surface area contributed by atoms with Gasteiger partial charge >= 0.3 is 0 Å². The average Bonchev–Trinajstić information content (AvgIpc) is 2.62. The van der Waals surface area contributed by atoms with Crippen LogP contribution in [0.5, 0.6) is 5.75 Å². The van der Waals surface area contributed by atoms with Gasteiger partial charge in [-0.15, -0.1) is 0 Å². The standard InChI is InChI=1S/C19H22FNO4/c1-14-2-4-15(5-3-14)18(24-11-10-22)12-21-19(23)13-25-17-8-6-16(20)7-9-17/h2-9,18,22H,10-13H2,1H3,(H,21,23). The number of rotatable bonds is 9. The lowest BCUT2D eigenvalue weighted by molar-refractivity contribution is -0.123. The van der Waals surface area contributed by atoms with Gasteiger partial charge in [-0.1, -0.05) is 29.8 Å². The first-order valence-corrected chi connectivity index (χ1v) is 8.02. The van der Waals surface area contributed by atoms with Crippen molar-refractivity contribution in [3.05, 3.63) is 65.5 Å². The molecule has 0 fully saturated rings. The minimum atomic E-state index is -0.362. The summed E-state index contributed by atoms with van der Waals surface area (Å²) in [6, 6.07) is 13.2. The Morgan fingerprint density at radius 2 is 1.84 bits per heavy atom. The molecule has 0 bridgehead atoms. The Labute approximate surface area is 146 Å². The number of benzene rings is 2. The number of aliphatic hydroxyl groups is 1. The third kappa shape index (κ3) is 6.52. The minimum Gasteiger partial charge on any atom is -0.484 e. The number of aryl methyl sites for hydroxylation is 1. The van der Waals surface area contributed by atoms with Crippen LogP contribution in [-0.2, 0) is 9.53 Å². The fraction of sp³-hybridized carbons (Fsp3) is 0.316. The highest BCUT2D eigenvalue weighted by Gasteiger charge is 2.14. The third-order valence-electron chi connectivity index (χ3n) is 3.53. The Morgan fingerprint density at radius 1 is 1.16 bits per heavy atom. The van der Waals surface area contributed by atoms with E-state index in [4.69, 9.17) is 14.6 Å². The van der Waals surface area contributed by atoms with Gasteiger partial charge in [-0.2, -0.15) is 0 Å². The Morgan fingerprint density at radius 3 is 2.48 bits per heavy atom. The number of halogens is 1. The Hall–Kier alpha value is -2.44. The van der Waals surface area contributed by atoms with Gasteiger partial charge in [0.15, 0.2) is 6.61 Å². The number of ether oxygens (including phenoxy) is 2. The van der Waals surface area contributed by atoms with Gasteiger partial charge in [0, 0.05) is 6.54 Å². The van der Waals surface area contributed by atoms with Crippen molar-refractivity contribution in [2.45, 2.75) is 13.0 Å². The first kappa shape index (κ1) is 18.9. The number of hydrogen-bond acceptors (Lipinski definition) is 4. The van der Waals surface area contributed by atoms with Crippen LogP contribution < -0.4 is 10.1 Å². The number of nitrogens with one attached hydrogen (secondary N) is 1. The predicted octanol–water partition coefficient (Wildman–Crippen LogP) is 2.38. The zero-order valence-electron chi connectivity index (χ0n) is 14.1. The van der Waals surface area contributed by atoms with Crippen LogP contribution in [0.4, 0.5) is 4.39 Å². The van der Waals surface area contributed by atoms with E-state index in [1.165, 1.54) is 24.3 Å². The van der Waals surface area contributed by atoms with Gasteiger partial charge in [-0.25, -0.2) is 4.39 Å². The molecule has 0 radical (unpaired) electrons. The molecular formula is C19H22FNO4. The van der Waals surface area contributed by atoms with Crippen LogP contribution in [0, 0.1) is 12.7 Å². The summed E-state index contributed by atoms with van der Waals surface area (Å²) in [5.74, 6) is -0.254. The Kier molecular flexibility index (Phi) is 7.37. The molecule has 0 saturated carbocycles. The van der Waals surface area contributed by atoms with Gasteiger partial charge in [-0.3, -0.25) is 4.79 Å². The maximum absolute atomic E-state index is 12.8. The molecule has 0 spiro atoms. The van der Waals surface area contributed by atoms with Crippen molar-refractivity contribution in [1.29, 1.82) is 0 Å². The van der Waals surface area contributed by atoms with Gasteiger partial charge < -0.3 is 19.9 Å². The van der Waals surface area contributed by atoms with Gasteiger partial charge in [0.05, 0.1) is 19.3 Å². The quantitative estimate of drug-likeness (QED) is 0.731. The van der Waals surface area contributed by atoms with Crippen molar-refractivity contribution in [2.24, 2.45) is 0 Å². The molecule has 2 rings (SSSR count). The lowest BCUT2D eigenvalue weighted by atomic mass is 10.1. The molecule has 0 aliphatic heterocycles. The molecule has 2 aromatic rings. The molecule has 25 heavy (non-hydrogen) atoms. The molecular weight excluding hydrogens is 325 g/mol. The van der Waals surface area contributed by atoms with E-state index in [0.717, 1.165) is 11.1 Å². The Balaban J connectivity index is 1.84. The van der Waals surface area contributed by atoms with Crippen LogP contribution in [0.15, 0.2) is 48.5 Å². The fourth-order valence-electron chi connectivity index (χ4n) is 2.19. The molecule has 0 aromatic heterocycles. The zero-order valence-corrected chi connectivity index (χ0v) is 14.1. The van der Waals surface area contributed by atoms with Crippen LogP contribution in [0.1, 0.15) is 17.2 Å². The predicted molar refractivity (Wildman–Crippen MR) is 91.9 cm³/mol. The summed E-state index contributed by atoms with van der Waals surface area (Å²) in [6.07, 6.45) is -0.359. The van der Waals surface area contributed by atoms with Gasteiger partial charge in [0.25, 0.3) is 5.91 Å². The van der Waals surface area contributed by atoms with E-state index in [2.05, 4.69) is 5.32 Å². The smallest absolute Gasteiger partial charge is 0.258 e. The number of aliphatic hydroxyl groups excluding tert-OH is 1. The lowest BCUT2D eigenvalue weighted by Crippen LogP contribution is -2.33. The molecule has 0 aliphatic rings. The van der Waals surface area contributed by atoms with E-state index in [-0.39, 0.29) is 44.2 Å². The molecule has 1 unspecified atom stereocenters. The first-order valence-electron chi connectivity index (χ1n) is 8.02. The highest BCUT2D eigenvalue weighted by atomic mass is 19.1. The molecule has 2 aromatic carbocycles. The number of amides is 1. The SMILES string of the molecule is Cc1ccc(C(CNC(=O)COc2ccc(F)cc2)OCCO)cc1. The van der Waals surface area contributed by atoms with Crippen molar-refractivity contribution in [1.82, 2.24) is 5.32 Å². The van der Waals surface area contributed by atoms with Gasteiger partial charge in [-0.05, 0) is 36.8 Å². The molecule has 0 aliphatic carbocycles. The van der Waals surface area contributed by atoms with E-state index in [1.807, 2.05) is 31.2 Å². The lowest BCUT2D eigenvalue weighted by Gasteiger charge is -2.19. The second kappa shape index (κ2) is 9.76. The molecule has 1 atom stereocenters. The average molecular weight is 347 g/mol. The Bertz CT molecular complexity index is 658. The van der Waals surface area contributed by atoms with Crippen LogP contribution >= 0.6 is 0 Å². The summed E-state index contributed by atoms with van der Waals surface area (Å²) < 4.78 is 23.7. The van der Waals surface area contributed by atoms with E-state index >= 15 is 0 Å². The third-order valence-corrected chi connectivity index (χ3v) is 3.53. The molecule has 1 amide bonds. The summed E-state index contributed by atoms with van der Waals surface area (Å²) in [7, 11) is 0. The van der Waals surface area contributed by atoms with Crippen LogP contribution in [0.25, 0.3) is 0 Å². The molecule has 0 saturated heterocycles. The largest absolute Gasteiger partial charge is 0.484 e. The highest BCUT2D eigenvalue weighted by molar-refractivity contribution is 5.77. The van der Waals surface area contributed by atoms with E-state index in [0.29, 0.717) is 5.75 Å². The first-order chi connectivity index (χ1) is 12.1. The maximum Gasteiger partial charge on any atom is 0.258 e. The summed E-state index contributed by atoms with van der Waals surface area (Å²) in [6.45, 7) is 2.16. The monoisotopic (exact) mass is 347 g/mol. The molecule has 2 N–H and O–H groups in total. The number of hydrogen-bond donors (Lipinski definition) is 2. The summed E-state index contributed by atoms with van der Waals surface area (Å²) >= 11 is 0. The minimum absolute atomic E-state index is 0.0933. The summed E-state index contributed by atoms with van der Waals surface area (Å²) in [5, 5.41) is 11.7. The normalized spacial score (nSPS) is 11.8. The summed E-state index contributed by atoms with van der Waals surface area (Å²) in [4.78, 5) is 11.9. The second-order valence-corrected chi connectivity index (χ2v) is 5.54.